The topological polar surface area (TPSA) is 87.3 Å². The van der Waals surface area contributed by atoms with Crippen molar-refractivity contribution in [2.24, 2.45) is 5.73 Å². The number of ether oxygens (including phenoxy) is 2. The van der Waals surface area contributed by atoms with Crippen LogP contribution in [0, 0.1) is 0 Å². The van der Waals surface area contributed by atoms with Gasteiger partial charge in [0.05, 0.1) is 15.8 Å². The number of nitrogens with two attached hydrogens (primary N) is 1. The molecule has 0 aliphatic carbocycles. The van der Waals surface area contributed by atoms with Crippen molar-refractivity contribution in [1.82, 2.24) is 9.97 Å². The quantitative estimate of drug-likeness (QED) is 0.526. The molecule has 2 heterocycles. The van der Waals surface area contributed by atoms with Gasteiger partial charge in [-0.05, 0) is 54.8 Å². The maximum absolute atomic E-state index is 11.1. The summed E-state index contributed by atoms with van der Waals surface area (Å²) in [6.07, 6.45) is -0.703. The van der Waals surface area contributed by atoms with Crippen LogP contribution in [0.25, 0.3) is 21.6 Å². The van der Waals surface area contributed by atoms with Gasteiger partial charge in [-0.15, -0.1) is 11.3 Å². The number of rotatable bonds is 6. The van der Waals surface area contributed by atoms with Crippen LogP contribution in [0.3, 0.4) is 0 Å². The number of hydrogen-bond donors (Lipinski definition) is 1. The number of para-hydroxylation sites is 1. The average Bonchev–Trinajstić information content (AvgIpc) is 3.24. The van der Waals surface area contributed by atoms with Crippen LogP contribution >= 0.6 is 11.3 Å². The van der Waals surface area contributed by atoms with Crippen LogP contribution in [0.5, 0.6) is 17.4 Å². The van der Waals surface area contributed by atoms with E-state index in [1.165, 1.54) is 0 Å². The molecule has 2 aromatic carbocycles. The number of carbonyl (C=O) groups excluding carboxylic acids is 1. The largest absolute Gasteiger partial charge is 0.481 e. The number of aromatic nitrogens is 2. The molecule has 1 unspecified atom stereocenters. The van der Waals surface area contributed by atoms with Gasteiger partial charge >= 0.3 is 0 Å². The van der Waals surface area contributed by atoms with Gasteiger partial charge in [0.25, 0.3) is 5.91 Å². The predicted molar refractivity (Wildman–Crippen MR) is 109 cm³/mol. The summed E-state index contributed by atoms with van der Waals surface area (Å²) in [5.41, 5.74) is 6.03. The molecule has 0 aliphatic heterocycles. The first-order valence-electron chi connectivity index (χ1n) is 8.65. The van der Waals surface area contributed by atoms with Crippen molar-refractivity contribution in [3.8, 4) is 28.1 Å². The molecule has 6 nitrogen and oxygen atoms in total. The second kappa shape index (κ2) is 7.66. The lowest BCUT2D eigenvalue weighted by Crippen LogP contribution is -2.30. The van der Waals surface area contributed by atoms with Crippen molar-refractivity contribution in [2.75, 3.05) is 0 Å². The Bertz CT molecular complexity index is 1110. The number of carbonyl (C=O) groups is 1. The van der Waals surface area contributed by atoms with Gasteiger partial charge in [-0.25, -0.2) is 4.98 Å². The summed E-state index contributed by atoms with van der Waals surface area (Å²) in [6, 6.07) is 18.6. The zero-order chi connectivity index (χ0) is 19.5. The molecule has 4 aromatic rings. The van der Waals surface area contributed by atoms with Crippen molar-refractivity contribution >= 4 is 28.1 Å². The fourth-order valence-corrected chi connectivity index (χ4v) is 3.26. The Balaban J connectivity index is 1.65. The molecule has 7 heteroatoms. The Morgan fingerprint density at radius 2 is 1.75 bits per heavy atom. The first-order chi connectivity index (χ1) is 13.6. The maximum atomic E-state index is 11.1. The molecule has 2 aromatic heterocycles. The Hall–Kier alpha value is -3.45. The molecule has 0 spiro atoms. The normalized spacial score (nSPS) is 11.9. The molecule has 0 saturated carbocycles. The standard InChI is InChI=1S/C21H17N3O3S/c1-13(19(22)25)26-14-8-10-15(11-9-14)27-21-16-5-2-3-6-17(16)23-20(24-21)18-7-4-12-28-18/h2-13H,1H3,(H2,22,25). The van der Waals surface area contributed by atoms with Gasteiger partial charge in [0.2, 0.25) is 5.88 Å². The highest BCUT2D eigenvalue weighted by atomic mass is 32.1. The predicted octanol–water partition coefficient (Wildman–Crippen LogP) is 4.40. The highest BCUT2D eigenvalue weighted by molar-refractivity contribution is 7.13. The van der Waals surface area contributed by atoms with Gasteiger partial charge in [0.1, 0.15) is 11.5 Å². The van der Waals surface area contributed by atoms with E-state index in [1.54, 1.807) is 42.5 Å². The van der Waals surface area contributed by atoms with Crippen LogP contribution in [0.1, 0.15) is 6.92 Å². The number of hydrogen-bond acceptors (Lipinski definition) is 6. The summed E-state index contributed by atoms with van der Waals surface area (Å²) in [5.74, 6) is 1.71. The molecule has 1 amide bonds. The van der Waals surface area contributed by atoms with E-state index in [9.17, 15) is 4.79 Å². The minimum absolute atomic E-state index is 0.480. The molecule has 0 aliphatic rings. The minimum atomic E-state index is -0.703. The summed E-state index contributed by atoms with van der Waals surface area (Å²) < 4.78 is 11.5. The Kier molecular flexibility index (Phi) is 4.90. The third kappa shape index (κ3) is 3.79. The van der Waals surface area contributed by atoms with Gasteiger partial charge in [-0.1, -0.05) is 18.2 Å². The minimum Gasteiger partial charge on any atom is -0.481 e. The average molecular weight is 391 g/mol. The maximum Gasteiger partial charge on any atom is 0.258 e. The van der Waals surface area contributed by atoms with Gasteiger partial charge in [0, 0.05) is 0 Å². The zero-order valence-electron chi connectivity index (χ0n) is 15.0. The van der Waals surface area contributed by atoms with Crippen molar-refractivity contribution in [1.29, 1.82) is 0 Å². The highest BCUT2D eigenvalue weighted by Crippen LogP contribution is 2.32. The van der Waals surface area contributed by atoms with Gasteiger partial charge in [-0.2, -0.15) is 4.98 Å². The van der Waals surface area contributed by atoms with Gasteiger partial charge in [-0.3, -0.25) is 4.79 Å². The number of benzene rings is 2. The van der Waals surface area contributed by atoms with Crippen LogP contribution in [0.2, 0.25) is 0 Å². The van der Waals surface area contributed by atoms with Gasteiger partial charge in [0.15, 0.2) is 11.9 Å². The van der Waals surface area contributed by atoms with Crippen LogP contribution in [-0.4, -0.2) is 22.0 Å². The van der Waals surface area contributed by atoms with E-state index in [2.05, 4.69) is 9.97 Å². The fraction of sp³-hybridized carbons (Fsp3) is 0.0952. The van der Waals surface area contributed by atoms with E-state index < -0.39 is 12.0 Å². The van der Waals surface area contributed by atoms with Crippen LogP contribution < -0.4 is 15.2 Å². The van der Waals surface area contributed by atoms with E-state index in [4.69, 9.17) is 15.2 Å². The highest BCUT2D eigenvalue weighted by Gasteiger charge is 2.13. The fourth-order valence-electron chi connectivity index (χ4n) is 2.60. The molecule has 0 fully saturated rings. The van der Waals surface area contributed by atoms with Gasteiger partial charge < -0.3 is 15.2 Å². The van der Waals surface area contributed by atoms with E-state index in [0.29, 0.717) is 23.2 Å². The van der Waals surface area contributed by atoms with E-state index in [-0.39, 0.29) is 0 Å². The van der Waals surface area contributed by atoms with Crippen molar-refractivity contribution < 1.29 is 14.3 Å². The second-order valence-corrected chi connectivity index (χ2v) is 7.03. The Labute approximate surface area is 165 Å². The van der Waals surface area contributed by atoms with E-state index >= 15 is 0 Å². The number of thiophene rings is 1. The smallest absolute Gasteiger partial charge is 0.258 e. The molecule has 28 heavy (non-hydrogen) atoms. The third-order valence-electron chi connectivity index (χ3n) is 4.06. The van der Waals surface area contributed by atoms with Crippen molar-refractivity contribution in [3.05, 3.63) is 66.0 Å². The van der Waals surface area contributed by atoms with Crippen molar-refractivity contribution in [3.63, 3.8) is 0 Å². The molecule has 140 valence electrons. The summed E-state index contributed by atoms with van der Waals surface area (Å²) in [7, 11) is 0. The molecule has 2 N–H and O–H groups in total. The van der Waals surface area contributed by atoms with Crippen LogP contribution in [-0.2, 0) is 4.79 Å². The van der Waals surface area contributed by atoms with Crippen molar-refractivity contribution in [2.45, 2.75) is 13.0 Å². The molecule has 0 saturated heterocycles. The first kappa shape index (κ1) is 17.9. The lowest BCUT2D eigenvalue weighted by atomic mass is 10.2. The summed E-state index contributed by atoms with van der Waals surface area (Å²) in [4.78, 5) is 21.4. The van der Waals surface area contributed by atoms with E-state index in [1.807, 2.05) is 41.8 Å². The molecule has 0 bridgehead atoms. The Morgan fingerprint density at radius 1 is 1.00 bits per heavy atom. The number of amides is 1. The number of primary amides is 1. The molecular weight excluding hydrogens is 374 g/mol. The number of nitrogens with zero attached hydrogens (tertiary/aromatic N) is 2. The molecule has 0 radical (unpaired) electrons. The zero-order valence-corrected chi connectivity index (χ0v) is 15.8. The Morgan fingerprint density at radius 3 is 2.46 bits per heavy atom. The lowest BCUT2D eigenvalue weighted by molar-refractivity contribution is -0.123. The summed E-state index contributed by atoms with van der Waals surface area (Å²) in [5, 5.41) is 2.81. The monoisotopic (exact) mass is 391 g/mol. The molecular formula is C21H17N3O3S. The van der Waals surface area contributed by atoms with Crippen LogP contribution in [0.15, 0.2) is 66.0 Å². The lowest BCUT2D eigenvalue weighted by Gasteiger charge is -2.12. The molecule has 4 rings (SSSR count). The second-order valence-electron chi connectivity index (χ2n) is 6.08. The third-order valence-corrected chi connectivity index (χ3v) is 4.93. The van der Waals surface area contributed by atoms with E-state index in [0.717, 1.165) is 15.8 Å². The van der Waals surface area contributed by atoms with Crippen LogP contribution in [0.4, 0.5) is 0 Å². The molecule has 1 atom stereocenters. The SMILES string of the molecule is CC(Oc1ccc(Oc2nc(-c3cccs3)nc3ccccc23)cc1)C(N)=O. The number of fused-ring (bicyclic) bond motifs is 1. The summed E-state index contributed by atoms with van der Waals surface area (Å²) in [6.45, 7) is 1.60. The first-order valence-corrected chi connectivity index (χ1v) is 9.52. The summed E-state index contributed by atoms with van der Waals surface area (Å²) >= 11 is 1.57.